The van der Waals surface area contributed by atoms with Gasteiger partial charge in [-0.15, -0.1) is 0 Å². The fourth-order valence-electron chi connectivity index (χ4n) is 9.83. The molecule has 0 aromatic carbocycles. The van der Waals surface area contributed by atoms with Crippen molar-refractivity contribution in [1.82, 2.24) is 0 Å². The Kier molecular flexibility index (Phi) is 6.62. The number of ketones is 1. The van der Waals surface area contributed by atoms with Crippen LogP contribution in [0.5, 0.6) is 0 Å². The quantitative estimate of drug-likeness (QED) is 0.413. The van der Waals surface area contributed by atoms with Crippen molar-refractivity contribution in [2.45, 2.75) is 118 Å². The number of carbonyl (C=O) groups is 2. The summed E-state index contributed by atoms with van der Waals surface area (Å²) in [5, 5.41) is 10.1. The van der Waals surface area contributed by atoms with Gasteiger partial charge < -0.3 is 5.11 Å². The molecule has 0 heterocycles. The van der Waals surface area contributed by atoms with Crippen molar-refractivity contribution < 1.29 is 14.7 Å². The molecule has 9 atom stereocenters. The van der Waals surface area contributed by atoms with Gasteiger partial charge in [0.2, 0.25) is 0 Å². The van der Waals surface area contributed by atoms with Gasteiger partial charge >= 0.3 is 5.97 Å². The molecule has 4 aliphatic rings. The zero-order chi connectivity index (χ0) is 23.3. The van der Waals surface area contributed by atoms with Crippen LogP contribution in [0.3, 0.4) is 0 Å². The number of Topliss-reactive ketones (excluding diaryl/α,β-unsaturated/α-hetero) is 1. The SMILES string of the molecule is CCCCCC(C(=O)O)[C@]1(C)CC[C@@]2(C)[C@@H](CC[C@@H]3[C@@H]2CC[C@]2(C)[C@@H](C(C)=O)CC[C@@H]32)C1. The zero-order valence-corrected chi connectivity index (χ0v) is 21.4. The van der Waals surface area contributed by atoms with Gasteiger partial charge in [-0.3, -0.25) is 9.59 Å². The van der Waals surface area contributed by atoms with Gasteiger partial charge in [-0.25, -0.2) is 0 Å². The second-order valence-electron chi connectivity index (χ2n) is 13.2. The fourth-order valence-corrected chi connectivity index (χ4v) is 9.83. The molecule has 3 nitrogen and oxygen atoms in total. The van der Waals surface area contributed by atoms with Crippen LogP contribution in [0.4, 0.5) is 0 Å². The predicted molar refractivity (Wildman–Crippen MR) is 129 cm³/mol. The van der Waals surface area contributed by atoms with Crippen LogP contribution < -0.4 is 0 Å². The summed E-state index contributed by atoms with van der Waals surface area (Å²) in [5.41, 5.74) is 0.546. The second kappa shape index (κ2) is 8.73. The van der Waals surface area contributed by atoms with Crippen LogP contribution in [-0.2, 0) is 9.59 Å². The van der Waals surface area contributed by atoms with E-state index in [0.29, 0.717) is 17.1 Å². The number of rotatable bonds is 7. The van der Waals surface area contributed by atoms with Gasteiger partial charge in [-0.1, -0.05) is 47.0 Å². The highest BCUT2D eigenvalue weighted by molar-refractivity contribution is 5.79. The van der Waals surface area contributed by atoms with Crippen LogP contribution in [0.2, 0.25) is 0 Å². The van der Waals surface area contributed by atoms with E-state index in [1.807, 2.05) is 6.92 Å². The minimum atomic E-state index is -0.560. The summed E-state index contributed by atoms with van der Waals surface area (Å²) < 4.78 is 0. The van der Waals surface area contributed by atoms with Crippen molar-refractivity contribution in [3.63, 3.8) is 0 Å². The molecule has 0 aliphatic heterocycles. The van der Waals surface area contributed by atoms with Crippen molar-refractivity contribution in [3.05, 3.63) is 0 Å². The molecule has 0 bridgehead atoms. The van der Waals surface area contributed by atoms with E-state index in [0.717, 1.165) is 62.7 Å². The minimum Gasteiger partial charge on any atom is -0.481 e. The first-order chi connectivity index (χ1) is 15.1. The van der Waals surface area contributed by atoms with E-state index < -0.39 is 5.97 Å². The van der Waals surface area contributed by atoms with Gasteiger partial charge in [0.05, 0.1) is 5.92 Å². The average molecular weight is 445 g/mol. The number of carbonyl (C=O) groups excluding carboxylic acids is 1. The number of carboxylic acid groups (broad SMARTS) is 1. The van der Waals surface area contributed by atoms with Gasteiger partial charge in [0.25, 0.3) is 0 Å². The third-order valence-corrected chi connectivity index (χ3v) is 11.7. The Morgan fingerprint density at radius 1 is 0.906 bits per heavy atom. The molecule has 4 aliphatic carbocycles. The van der Waals surface area contributed by atoms with E-state index >= 15 is 0 Å². The van der Waals surface area contributed by atoms with E-state index in [-0.39, 0.29) is 22.7 Å². The number of hydrogen-bond acceptors (Lipinski definition) is 2. The van der Waals surface area contributed by atoms with Crippen molar-refractivity contribution in [2.24, 2.45) is 51.8 Å². The standard InChI is InChI=1S/C29H48O3/c1-6-7-8-9-25(26(31)32)27(3)16-17-28(4)20(18-27)10-11-21-23-13-12-22(19(2)30)29(23,5)15-14-24(21)28/h20-25H,6-18H2,1-5H3,(H,31,32)/t20-,21-,22+,23-,24-,25?,27+,28-,29+/m0/s1. The van der Waals surface area contributed by atoms with Gasteiger partial charge in [-0.2, -0.15) is 0 Å². The third-order valence-electron chi connectivity index (χ3n) is 11.7. The smallest absolute Gasteiger partial charge is 0.307 e. The molecule has 0 aromatic heterocycles. The summed E-state index contributed by atoms with van der Waals surface area (Å²) in [6.45, 7) is 11.3. The molecule has 4 saturated carbocycles. The number of aliphatic carboxylic acids is 1. The summed E-state index contributed by atoms with van der Waals surface area (Å²) >= 11 is 0. The van der Waals surface area contributed by atoms with Crippen LogP contribution in [0.1, 0.15) is 118 Å². The second-order valence-corrected chi connectivity index (χ2v) is 13.2. The monoisotopic (exact) mass is 444 g/mol. The normalized spacial score (nSPS) is 46.6. The van der Waals surface area contributed by atoms with Gasteiger partial charge in [0, 0.05) is 5.92 Å². The molecule has 0 saturated heterocycles. The van der Waals surface area contributed by atoms with Gasteiger partial charge in [0.1, 0.15) is 5.78 Å². The summed E-state index contributed by atoms with van der Waals surface area (Å²) in [4.78, 5) is 24.7. The molecule has 4 fully saturated rings. The first kappa shape index (κ1) is 24.3. The van der Waals surface area contributed by atoms with Crippen LogP contribution in [0, 0.1) is 51.8 Å². The molecule has 0 aromatic rings. The number of unbranched alkanes of at least 4 members (excludes halogenated alkanes) is 2. The summed E-state index contributed by atoms with van der Waals surface area (Å²) in [6.07, 6.45) is 15.0. The first-order valence-corrected chi connectivity index (χ1v) is 13.8. The fraction of sp³-hybridized carbons (Fsp3) is 0.931. The Labute approximate surface area is 196 Å². The minimum absolute atomic E-state index is 0.0488. The van der Waals surface area contributed by atoms with E-state index in [4.69, 9.17) is 0 Å². The van der Waals surface area contributed by atoms with Crippen molar-refractivity contribution in [2.75, 3.05) is 0 Å². The lowest BCUT2D eigenvalue weighted by molar-refractivity contribution is -0.160. The van der Waals surface area contributed by atoms with Crippen molar-refractivity contribution in [1.29, 1.82) is 0 Å². The van der Waals surface area contributed by atoms with Gasteiger partial charge in [-0.05, 0) is 111 Å². The molecule has 0 spiro atoms. The lowest BCUT2D eigenvalue weighted by Crippen LogP contribution is -2.55. The summed E-state index contributed by atoms with van der Waals surface area (Å²) in [6, 6.07) is 0. The maximum atomic E-state index is 12.4. The molecule has 182 valence electrons. The topological polar surface area (TPSA) is 54.4 Å². The Morgan fingerprint density at radius 2 is 1.62 bits per heavy atom. The molecule has 1 N–H and O–H groups in total. The highest BCUT2D eigenvalue weighted by Gasteiger charge is 2.62. The van der Waals surface area contributed by atoms with E-state index in [1.54, 1.807) is 0 Å². The van der Waals surface area contributed by atoms with Crippen LogP contribution >= 0.6 is 0 Å². The van der Waals surface area contributed by atoms with Crippen molar-refractivity contribution >= 4 is 11.8 Å². The van der Waals surface area contributed by atoms with Crippen LogP contribution in [-0.4, -0.2) is 16.9 Å². The molecule has 0 amide bonds. The van der Waals surface area contributed by atoms with E-state index in [9.17, 15) is 14.7 Å². The maximum absolute atomic E-state index is 12.4. The molecular formula is C29H48O3. The molecule has 3 heteroatoms. The Bertz CT molecular complexity index is 730. The molecule has 1 unspecified atom stereocenters. The highest BCUT2D eigenvalue weighted by atomic mass is 16.4. The Morgan fingerprint density at radius 3 is 2.28 bits per heavy atom. The molecular weight excluding hydrogens is 396 g/mol. The predicted octanol–water partition coefficient (Wildman–Crippen LogP) is 7.52. The third kappa shape index (κ3) is 3.78. The number of hydrogen-bond donors (Lipinski definition) is 1. The average Bonchev–Trinajstić information content (AvgIpc) is 3.09. The Balaban J connectivity index is 1.51. The lowest BCUT2D eigenvalue weighted by Gasteiger charge is -2.63. The summed E-state index contributed by atoms with van der Waals surface area (Å²) in [5.74, 6) is 2.92. The Hall–Kier alpha value is -0.860. The first-order valence-electron chi connectivity index (χ1n) is 13.8. The zero-order valence-electron chi connectivity index (χ0n) is 21.4. The highest BCUT2D eigenvalue weighted by Crippen LogP contribution is 2.69. The largest absolute Gasteiger partial charge is 0.481 e. The van der Waals surface area contributed by atoms with Crippen molar-refractivity contribution in [3.8, 4) is 0 Å². The lowest BCUT2D eigenvalue weighted by atomic mass is 9.42. The van der Waals surface area contributed by atoms with E-state index in [1.165, 1.54) is 38.5 Å². The molecule has 4 rings (SSSR count). The van der Waals surface area contributed by atoms with E-state index in [2.05, 4.69) is 27.7 Å². The van der Waals surface area contributed by atoms with Gasteiger partial charge in [0.15, 0.2) is 0 Å². The molecule has 32 heavy (non-hydrogen) atoms. The number of fused-ring (bicyclic) bond motifs is 5. The van der Waals surface area contributed by atoms with Crippen LogP contribution in [0.25, 0.3) is 0 Å². The molecule has 0 radical (unpaired) electrons. The van der Waals surface area contributed by atoms with Crippen LogP contribution in [0.15, 0.2) is 0 Å². The number of carboxylic acids is 1. The summed E-state index contributed by atoms with van der Waals surface area (Å²) in [7, 11) is 0. The maximum Gasteiger partial charge on any atom is 0.307 e.